The Morgan fingerprint density at radius 3 is 2.61 bits per heavy atom. The summed E-state index contributed by atoms with van der Waals surface area (Å²) in [5.41, 5.74) is 8.41. The molecule has 0 saturated carbocycles. The number of rotatable bonds is 6. The van der Waals surface area contributed by atoms with E-state index in [-0.39, 0.29) is 34.1 Å². The van der Waals surface area contributed by atoms with Gasteiger partial charge in [-0.3, -0.25) is 18.8 Å². The maximum Gasteiger partial charge on any atom is 0.270 e. The largest absolute Gasteiger partial charge is 0.445 e. The molecule has 0 saturated heterocycles. The van der Waals surface area contributed by atoms with Crippen LogP contribution in [0.2, 0.25) is 0 Å². The third-order valence-corrected chi connectivity index (χ3v) is 6.52. The summed E-state index contributed by atoms with van der Waals surface area (Å²) in [7, 11) is 3.46. The first-order valence-corrected chi connectivity index (χ1v) is 12.6. The van der Waals surface area contributed by atoms with Gasteiger partial charge < -0.3 is 15.5 Å². The number of allylic oxidation sites excluding steroid dienone is 1. The van der Waals surface area contributed by atoms with Gasteiger partial charge in [-0.05, 0) is 26.0 Å². The third-order valence-electron chi connectivity index (χ3n) is 6.52. The zero-order valence-corrected chi connectivity index (χ0v) is 22.9. The monoisotopic (exact) mass is 549 g/mol. The summed E-state index contributed by atoms with van der Waals surface area (Å²) in [5.74, 6) is 6.07. The number of hydrogen-bond acceptors (Lipinski definition) is 8. The van der Waals surface area contributed by atoms with Crippen LogP contribution in [0.3, 0.4) is 0 Å². The Bertz CT molecular complexity index is 1950. The smallest absolute Gasteiger partial charge is 0.270 e. The van der Waals surface area contributed by atoms with E-state index in [9.17, 15) is 9.59 Å². The van der Waals surface area contributed by atoms with Gasteiger partial charge in [-0.25, -0.2) is 9.67 Å². The van der Waals surface area contributed by atoms with Crippen LogP contribution in [-0.2, 0) is 14.1 Å². The molecule has 1 unspecified atom stereocenters. The molecule has 3 N–H and O–H groups in total. The number of para-hydroxylation sites is 1. The van der Waals surface area contributed by atoms with Gasteiger partial charge in [0, 0.05) is 20.3 Å². The molecule has 1 atom stereocenters. The highest BCUT2D eigenvalue weighted by Crippen LogP contribution is 2.26. The SMILES string of the molecule is C=C/C=N\c1c(C(=O)NC(C)c2nc3occ(C#Cc4cnn(C)c4C)c3c(=O)n2-c2ccccc2)c(N)nn1C. The van der Waals surface area contributed by atoms with Gasteiger partial charge in [0.1, 0.15) is 23.0 Å². The van der Waals surface area contributed by atoms with Crippen LogP contribution in [0.25, 0.3) is 16.8 Å². The number of nitrogens with one attached hydrogen (secondary N) is 1. The number of carbonyl (C=O) groups is 1. The van der Waals surface area contributed by atoms with Crippen molar-refractivity contribution in [2.24, 2.45) is 19.1 Å². The number of fused-ring (bicyclic) bond motifs is 1. The van der Waals surface area contributed by atoms with Crippen LogP contribution in [0.4, 0.5) is 11.6 Å². The quantitative estimate of drug-likeness (QED) is 0.244. The van der Waals surface area contributed by atoms with Gasteiger partial charge in [0.25, 0.3) is 11.5 Å². The maximum atomic E-state index is 14.0. The molecule has 5 aromatic rings. The average Bonchev–Trinajstić information content (AvgIpc) is 3.60. The fraction of sp³-hybridized carbons (Fsp3) is 0.172. The highest BCUT2D eigenvalue weighted by Gasteiger charge is 2.26. The second-order valence-electron chi connectivity index (χ2n) is 9.21. The molecule has 206 valence electrons. The summed E-state index contributed by atoms with van der Waals surface area (Å²) in [4.78, 5) is 36.3. The molecule has 0 fully saturated rings. The summed E-state index contributed by atoms with van der Waals surface area (Å²) in [6, 6.07) is 8.25. The number of furan rings is 1. The molecule has 1 aromatic carbocycles. The molecule has 41 heavy (non-hydrogen) atoms. The standard InChI is InChI=1S/C29H27N9O3/c1-6-14-31-26-23(24(30)35-37(26)5)27(39)33-17(2)25-34-28-22(29(40)38(25)21-10-8-7-9-11-21)20(16-41-28)13-12-19-15-32-36(4)18(19)3/h6-11,14-17H,1H2,2-5H3,(H2,30,35)(H,33,39)/b31-14-. The Hall–Kier alpha value is -5.70. The van der Waals surface area contributed by atoms with Crippen LogP contribution >= 0.6 is 0 Å². The van der Waals surface area contributed by atoms with Gasteiger partial charge >= 0.3 is 0 Å². The van der Waals surface area contributed by atoms with E-state index in [1.165, 1.54) is 27.8 Å². The average molecular weight is 550 g/mol. The number of amides is 1. The highest BCUT2D eigenvalue weighted by molar-refractivity contribution is 6.03. The van der Waals surface area contributed by atoms with E-state index >= 15 is 0 Å². The van der Waals surface area contributed by atoms with Gasteiger partial charge in [-0.15, -0.1) is 0 Å². The summed E-state index contributed by atoms with van der Waals surface area (Å²) in [6.07, 6.45) is 5.98. The number of aromatic nitrogens is 6. The van der Waals surface area contributed by atoms with E-state index in [2.05, 4.69) is 43.9 Å². The number of hydrogen-bond donors (Lipinski definition) is 2. The minimum Gasteiger partial charge on any atom is -0.445 e. The first-order chi connectivity index (χ1) is 19.7. The minimum atomic E-state index is -0.756. The van der Waals surface area contributed by atoms with Crippen molar-refractivity contribution in [2.75, 3.05) is 5.73 Å². The Labute approximate surface area is 234 Å². The Morgan fingerprint density at radius 1 is 1.20 bits per heavy atom. The van der Waals surface area contributed by atoms with Crippen LogP contribution in [0.1, 0.15) is 46.0 Å². The fourth-order valence-corrected chi connectivity index (χ4v) is 4.33. The molecule has 1 amide bonds. The molecule has 0 aliphatic heterocycles. The molecule has 12 heteroatoms. The molecule has 4 heterocycles. The van der Waals surface area contributed by atoms with E-state index in [0.717, 1.165) is 11.3 Å². The lowest BCUT2D eigenvalue weighted by Crippen LogP contribution is -2.33. The van der Waals surface area contributed by atoms with Crippen LogP contribution in [0, 0.1) is 18.8 Å². The van der Waals surface area contributed by atoms with Crippen molar-refractivity contribution in [1.82, 2.24) is 34.4 Å². The van der Waals surface area contributed by atoms with Crippen molar-refractivity contribution >= 4 is 34.9 Å². The first kappa shape index (κ1) is 26.9. The van der Waals surface area contributed by atoms with Crippen molar-refractivity contribution in [2.45, 2.75) is 19.9 Å². The first-order valence-electron chi connectivity index (χ1n) is 12.6. The van der Waals surface area contributed by atoms with Crippen molar-refractivity contribution in [3.8, 4) is 17.5 Å². The van der Waals surface area contributed by atoms with Gasteiger partial charge in [-0.2, -0.15) is 15.2 Å². The molecular weight excluding hydrogens is 522 g/mol. The molecule has 4 aromatic heterocycles. The van der Waals surface area contributed by atoms with Crippen LogP contribution < -0.4 is 16.6 Å². The van der Waals surface area contributed by atoms with Gasteiger partial charge in [0.2, 0.25) is 5.71 Å². The second-order valence-corrected chi connectivity index (χ2v) is 9.21. The molecule has 0 spiro atoms. The molecule has 12 nitrogen and oxygen atoms in total. The molecule has 0 aliphatic carbocycles. The van der Waals surface area contributed by atoms with E-state index in [1.54, 1.807) is 49.1 Å². The van der Waals surface area contributed by atoms with Gasteiger partial charge in [0.15, 0.2) is 11.6 Å². The van der Waals surface area contributed by atoms with Gasteiger partial charge in [0.05, 0.1) is 34.7 Å². The number of nitrogens with zero attached hydrogens (tertiary/aromatic N) is 7. The Balaban J connectivity index is 1.61. The zero-order valence-electron chi connectivity index (χ0n) is 22.9. The van der Waals surface area contributed by atoms with Crippen LogP contribution in [0.5, 0.6) is 0 Å². The predicted molar refractivity (Wildman–Crippen MR) is 155 cm³/mol. The zero-order chi connectivity index (χ0) is 29.3. The number of aryl methyl sites for hydroxylation is 2. The summed E-state index contributed by atoms with van der Waals surface area (Å²) < 4.78 is 10.2. The molecule has 0 radical (unpaired) electrons. The fourth-order valence-electron chi connectivity index (χ4n) is 4.33. The Morgan fingerprint density at radius 2 is 1.93 bits per heavy atom. The van der Waals surface area contributed by atoms with E-state index in [1.807, 2.05) is 20.0 Å². The van der Waals surface area contributed by atoms with Gasteiger partial charge in [-0.1, -0.05) is 42.7 Å². The highest BCUT2D eigenvalue weighted by atomic mass is 16.3. The summed E-state index contributed by atoms with van der Waals surface area (Å²) in [5, 5.41) is 11.4. The number of nitrogen functional groups attached to an aromatic ring is 1. The summed E-state index contributed by atoms with van der Waals surface area (Å²) in [6.45, 7) is 7.22. The normalized spacial score (nSPS) is 11.9. The molecule has 0 bridgehead atoms. The summed E-state index contributed by atoms with van der Waals surface area (Å²) >= 11 is 0. The third kappa shape index (κ3) is 4.92. The van der Waals surface area contributed by atoms with E-state index < -0.39 is 17.5 Å². The predicted octanol–water partition coefficient (Wildman–Crippen LogP) is 3.12. The van der Waals surface area contributed by atoms with Crippen LogP contribution in [0.15, 0.2) is 69.7 Å². The number of benzene rings is 1. The lowest BCUT2D eigenvalue weighted by atomic mass is 10.2. The number of anilines is 1. The molecule has 0 aliphatic rings. The van der Waals surface area contributed by atoms with E-state index in [4.69, 9.17) is 10.2 Å². The Kier molecular flexibility index (Phi) is 7.09. The topological polar surface area (TPSA) is 151 Å². The maximum absolute atomic E-state index is 14.0. The lowest BCUT2D eigenvalue weighted by Gasteiger charge is -2.18. The number of aliphatic imine (C=N–C) groups is 1. The molecular formula is C29H27N9O3. The second kappa shape index (κ2) is 10.8. The minimum absolute atomic E-state index is 0.00961. The molecule has 5 rings (SSSR count). The number of nitrogens with two attached hydrogens (primary N) is 1. The van der Waals surface area contributed by atoms with Crippen molar-refractivity contribution in [3.05, 3.63) is 94.0 Å². The van der Waals surface area contributed by atoms with Crippen molar-refractivity contribution < 1.29 is 9.21 Å². The van der Waals surface area contributed by atoms with Crippen molar-refractivity contribution in [1.29, 1.82) is 0 Å². The van der Waals surface area contributed by atoms with E-state index in [0.29, 0.717) is 11.3 Å². The van der Waals surface area contributed by atoms with Crippen LogP contribution in [-0.4, -0.2) is 41.2 Å². The number of carbonyl (C=O) groups excluding carboxylic acids is 1. The lowest BCUT2D eigenvalue weighted by molar-refractivity contribution is 0.0939. The van der Waals surface area contributed by atoms with Crippen molar-refractivity contribution in [3.63, 3.8) is 0 Å².